The van der Waals surface area contributed by atoms with E-state index in [1.807, 2.05) is 31.2 Å². The quantitative estimate of drug-likeness (QED) is 0.598. The molecule has 5 rings (SSSR count). The van der Waals surface area contributed by atoms with Gasteiger partial charge in [0.2, 0.25) is 0 Å². The number of rotatable bonds is 3. The number of phenols is 1. The van der Waals surface area contributed by atoms with E-state index in [0.717, 1.165) is 29.7 Å². The summed E-state index contributed by atoms with van der Waals surface area (Å²) in [5.41, 5.74) is 4.57. The Morgan fingerprint density at radius 2 is 1.87 bits per heavy atom. The first-order valence-electron chi connectivity index (χ1n) is 10.3. The van der Waals surface area contributed by atoms with Gasteiger partial charge in [-0.1, -0.05) is 29.8 Å². The highest BCUT2D eigenvalue weighted by molar-refractivity contribution is 6.08. The molecule has 7 heteroatoms. The number of carbonyl (C=O) groups is 2. The Morgan fingerprint density at radius 3 is 2.61 bits per heavy atom. The molecule has 1 aliphatic carbocycles. The fraction of sp³-hybridized carbons (Fsp3) is 0.208. The van der Waals surface area contributed by atoms with Crippen molar-refractivity contribution in [3.05, 3.63) is 82.7 Å². The van der Waals surface area contributed by atoms with Gasteiger partial charge in [0, 0.05) is 23.4 Å². The van der Waals surface area contributed by atoms with E-state index in [4.69, 9.17) is 0 Å². The van der Waals surface area contributed by atoms with E-state index in [9.17, 15) is 14.7 Å². The van der Waals surface area contributed by atoms with Gasteiger partial charge in [-0.25, -0.2) is 4.68 Å². The van der Waals surface area contributed by atoms with Gasteiger partial charge in [0.25, 0.3) is 5.91 Å². The van der Waals surface area contributed by atoms with Crippen LogP contribution < -0.4 is 10.6 Å². The Balaban J connectivity index is 1.56. The van der Waals surface area contributed by atoms with E-state index in [-0.39, 0.29) is 17.4 Å². The van der Waals surface area contributed by atoms with Gasteiger partial charge in [-0.3, -0.25) is 9.59 Å². The van der Waals surface area contributed by atoms with Crippen molar-refractivity contribution in [2.45, 2.75) is 32.2 Å². The highest BCUT2D eigenvalue weighted by Crippen LogP contribution is 2.41. The van der Waals surface area contributed by atoms with Crippen LogP contribution in [0.4, 0.5) is 11.5 Å². The molecule has 2 heterocycles. The topological polar surface area (TPSA) is 96.3 Å². The molecule has 3 N–H and O–H groups in total. The summed E-state index contributed by atoms with van der Waals surface area (Å²) >= 11 is 0. The van der Waals surface area contributed by atoms with E-state index in [1.54, 1.807) is 28.9 Å². The third-order valence-corrected chi connectivity index (χ3v) is 5.80. The second kappa shape index (κ2) is 7.43. The van der Waals surface area contributed by atoms with E-state index >= 15 is 0 Å². The Bertz CT molecular complexity index is 1210. The van der Waals surface area contributed by atoms with Crippen LogP contribution in [0.15, 0.2) is 66.0 Å². The summed E-state index contributed by atoms with van der Waals surface area (Å²) in [5.74, 6) is 0.531. The number of ketones is 1. The van der Waals surface area contributed by atoms with Crippen molar-refractivity contribution in [3.63, 3.8) is 0 Å². The fourth-order valence-corrected chi connectivity index (χ4v) is 4.22. The number of nitrogens with one attached hydrogen (secondary N) is 2. The molecular formula is C24H22N4O3. The number of nitrogens with zero attached hydrogens (tertiary/aromatic N) is 2. The SMILES string of the molecule is Cc1ccc(NC(=O)c2cnn3c2NC2=C(C(=O)CCC2)[C@@H]3c2ccc(O)cc2)cc1. The van der Waals surface area contributed by atoms with Crippen LogP contribution in [0.5, 0.6) is 5.75 Å². The zero-order chi connectivity index (χ0) is 21.5. The normalized spacial score (nSPS) is 17.6. The van der Waals surface area contributed by atoms with Crippen molar-refractivity contribution in [2.24, 2.45) is 0 Å². The van der Waals surface area contributed by atoms with Crippen molar-refractivity contribution in [1.29, 1.82) is 0 Å². The lowest BCUT2D eigenvalue weighted by molar-refractivity contribution is -0.116. The summed E-state index contributed by atoms with van der Waals surface area (Å²) in [6, 6.07) is 13.9. The van der Waals surface area contributed by atoms with Crippen LogP contribution in [-0.2, 0) is 4.79 Å². The van der Waals surface area contributed by atoms with Gasteiger partial charge in [-0.05, 0) is 49.6 Å². The molecule has 0 saturated carbocycles. The van der Waals surface area contributed by atoms with Gasteiger partial charge in [-0.2, -0.15) is 5.10 Å². The smallest absolute Gasteiger partial charge is 0.261 e. The number of carbonyl (C=O) groups excluding carboxylic acids is 2. The number of phenolic OH excluding ortho intramolecular Hbond substituents is 1. The largest absolute Gasteiger partial charge is 0.508 e. The summed E-state index contributed by atoms with van der Waals surface area (Å²) in [7, 11) is 0. The van der Waals surface area contributed by atoms with Gasteiger partial charge in [0.05, 0.1) is 6.20 Å². The third kappa shape index (κ3) is 3.38. The number of aryl methyl sites for hydroxylation is 1. The van der Waals surface area contributed by atoms with Gasteiger partial charge in [0.15, 0.2) is 5.78 Å². The highest BCUT2D eigenvalue weighted by Gasteiger charge is 2.37. The number of aromatic hydroxyl groups is 1. The predicted molar refractivity (Wildman–Crippen MR) is 117 cm³/mol. The van der Waals surface area contributed by atoms with Crippen molar-refractivity contribution in [2.75, 3.05) is 10.6 Å². The molecule has 3 aromatic rings. The average molecular weight is 414 g/mol. The second-order valence-electron chi connectivity index (χ2n) is 7.96. The number of amides is 1. The Morgan fingerprint density at radius 1 is 1.13 bits per heavy atom. The van der Waals surface area contributed by atoms with Gasteiger partial charge >= 0.3 is 0 Å². The van der Waals surface area contributed by atoms with Crippen LogP contribution in [0.3, 0.4) is 0 Å². The number of fused-ring (bicyclic) bond motifs is 1. The average Bonchev–Trinajstić information content (AvgIpc) is 3.18. The van der Waals surface area contributed by atoms with Crippen molar-refractivity contribution in [3.8, 4) is 5.75 Å². The molecule has 2 aliphatic rings. The van der Waals surface area contributed by atoms with Gasteiger partial charge in [0.1, 0.15) is 23.2 Å². The zero-order valence-electron chi connectivity index (χ0n) is 17.1. The molecule has 0 radical (unpaired) electrons. The third-order valence-electron chi connectivity index (χ3n) is 5.80. The Kier molecular flexibility index (Phi) is 4.58. The maximum atomic E-state index is 13.0. The zero-order valence-corrected chi connectivity index (χ0v) is 17.1. The summed E-state index contributed by atoms with van der Waals surface area (Å²) in [6.45, 7) is 1.99. The molecule has 1 aliphatic heterocycles. The van der Waals surface area contributed by atoms with Crippen LogP contribution in [0.1, 0.15) is 46.8 Å². The molecule has 0 saturated heterocycles. The molecule has 1 aromatic heterocycles. The number of benzene rings is 2. The van der Waals surface area contributed by atoms with E-state index in [2.05, 4.69) is 15.7 Å². The van der Waals surface area contributed by atoms with E-state index < -0.39 is 6.04 Å². The minimum Gasteiger partial charge on any atom is -0.508 e. The number of anilines is 2. The summed E-state index contributed by atoms with van der Waals surface area (Å²) in [4.78, 5) is 25.9. The minimum absolute atomic E-state index is 0.0821. The van der Waals surface area contributed by atoms with Crippen LogP contribution in [0, 0.1) is 6.92 Å². The van der Waals surface area contributed by atoms with Crippen LogP contribution in [-0.4, -0.2) is 26.6 Å². The maximum Gasteiger partial charge on any atom is 0.261 e. The van der Waals surface area contributed by atoms with Crippen molar-refractivity contribution in [1.82, 2.24) is 9.78 Å². The van der Waals surface area contributed by atoms with Crippen LogP contribution in [0.25, 0.3) is 0 Å². The summed E-state index contributed by atoms with van der Waals surface area (Å²) < 4.78 is 1.69. The molecule has 156 valence electrons. The number of allylic oxidation sites excluding steroid dienone is 2. The minimum atomic E-state index is -0.444. The first kappa shape index (κ1) is 19.1. The number of hydrogen-bond donors (Lipinski definition) is 3. The first-order valence-corrected chi connectivity index (χ1v) is 10.3. The fourth-order valence-electron chi connectivity index (χ4n) is 4.22. The summed E-state index contributed by atoms with van der Waals surface area (Å²) in [5, 5.41) is 20.4. The lowest BCUT2D eigenvalue weighted by Crippen LogP contribution is -2.32. The molecular weight excluding hydrogens is 392 g/mol. The molecule has 31 heavy (non-hydrogen) atoms. The molecule has 7 nitrogen and oxygen atoms in total. The molecule has 2 aromatic carbocycles. The monoisotopic (exact) mass is 414 g/mol. The summed E-state index contributed by atoms with van der Waals surface area (Å²) in [6.07, 6.45) is 3.53. The predicted octanol–water partition coefficient (Wildman–Crippen LogP) is 4.17. The number of aromatic nitrogens is 2. The van der Waals surface area contributed by atoms with Crippen molar-refractivity contribution < 1.29 is 14.7 Å². The number of hydrogen-bond acceptors (Lipinski definition) is 5. The second-order valence-corrected chi connectivity index (χ2v) is 7.96. The van der Waals surface area contributed by atoms with Gasteiger partial charge < -0.3 is 15.7 Å². The highest BCUT2D eigenvalue weighted by atomic mass is 16.3. The lowest BCUT2D eigenvalue weighted by atomic mass is 9.85. The van der Waals surface area contributed by atoms with E-state index in [1.165, 1.54) is 6.20 Å². The molecule has 0 spiro atoms. The van der Waals surface area contributed by atoms with Crippen LogP contribution >= 0.6 is 0 Å². The number of Topliss-reactive ketones (excluding diaryl/α,β-unsaturated/α-hetero) is 1. The molecule has 0 unspecified atom stereocenters. The Labute approximate surface area is 179 Å². The molecule has 0 bridgehead atoms. The molecule has 1 atom stereocenters. The Hall–Kier alpha value is -3.87. The maximum absolute atomic E-state index is 13.0. The molecule has 0 fully saturated rings. The standard InChI is InChI=1S/C24H22N4O3/c1-14-5-9-16(10-6-14)26-24(31)18-13-25-28-22(15-7-11-17(29)12-8-15)21-19(27-23(18)28)3-2-4-20(21)30/h5-13,22,27,29H,2-4H2,1H3,(H,26,31)/t22-/m0/s1. The van der Waals surface area contributed by atoms with Crippen LogP contribution in [0.2, 0.25) is 0 Å². The van der Waals surface area contributed by atoms with Crippen molar-refractivity contribution >= 4 is 23.2 Å². The first-order chi connectivity index (χ1) is 15.0. The lowest BCUT2D eigenvalue weighted by Gasteiger charge is -2.33. The molecule has 1 amide bonds. The van der Waals surface area contributed by atoms with E-state index in [0.29, 0.717) is 29.1 Å². The van der Waals surface area contributed by atoms with Gasteiger partial charge in [-0.15, -0.1) is 0 Å².